The van der Waals surface area contributed by atoms with Gasteiger partial charge >= 0.3 is 0 Å². The molecule has 0 aromatic heterocycles. The number of hydrogen-bond donors (Lipinski definition) is 0. The number of carbonyl (C=O) groups is 2. The summed E-state index contributed by atoms with van der Waals surface area (Å²) in [7, 11) is -0.483. The van der Waals surface area contributed by atoms with Gasteiger partial charge in [0.15, 0.2) is 0 Å². The lowest BCUT2D eigenvalue weighted by Crippen LogP contribution is -2.24. The Morgan fingerprint density at radius 2 is 1.34 bits per heavy atom. The number of ether oxygens (including phenoxy) is 3. The maximum Gasteiger partial charge on any atom is 0.256 e. The summed E-state index contributed by atoms with van der Waals surface area (Å²) in [6, 6.07) is 15.7. The first-order chi connectivity index (χ1) is 15.3. The van der Waals surface area contributed by atoms with E-state index in [1.165, 1.54) is 45.6 Å². The van der Waals surface area contributed by atoms with Crippen LogP contribution in [0.15, 0.2) is 60.7 Å². The van der Waals surface area contributed by atoms with Crippen molar-refractivity contribution in [2.45, 2.75) is 6.92 Å². The lowest BCUT2D eigenvalue weighted by Gasteiger charge is -2.23. The van der Waals surface area contributed by atoms with E-state index >= 15 is 0 Å². The Morgan fingerprint density at radius 1 is 0.781 bits per heavy atom. The molecule has 6 nitrogen and oxygen atoms in total. The average Bonchev–Trinajstić information content (AvgIpc) is 2.82. The molecule has 8 heteroatoms. The highest BCUT2D eigenvalue weighted by Crippen LogP contribution is 2.56. The van der Waals surface area contributed by atoms with E-state index in [1.807, 2.05) is 0 Å². The summed E-state index contributed by atoms with van der Waals surface area (Å²) in [6.07, 6.45) is 0. The summed E-state index contributed by atoms with van der Waals surface area (Å²) in [5.74, 6) is 0.316. The predicted octanol–water partition coefficient (Wildman–Crippen LogP) is 5.34. The van der Waals surface area contributed by atoms with Crippen LogP contribution in [0.5, 0.6) is 17.2 Å². The minimum atomic E-state index is -4.59. The molecule has 1 atom stereocenters. The van der Waals surface area contributed by atoms with Crippen molar-refractivity contribution in [1.82, 2.24) is 0 Å². The lowest BCUT2D eigenvalue weighted by molar-refractivity contribution is 0.103. The van der Waals surface area contributed by atoms with Crippen molar-refractivity contribution in [2.24, 2.45) is 0 Å². The average molecular weight is 473 g/mol. The standard InChI is InChI=1S/C24H22ClO6P/c1-15-13-19(30-3)22(20(14-15)31-4)32(28,23(26)16-9-6-5-7-10-16)24(27)21-17(25)11-8-12-18(21)29-2/h5-14H,1-4H3. The van der Waals surface area contributed by atoms with Gasteiger partial charge in [0.2, 0.25) is 11.0 Å². The van der Waals surface area contributed by atoms with E-state index in [0.717, 1.165) is 5.56 Å². The normalized spacial score (nSPS) is 12.5. The largest absolute Gasteiger partial charge is 0.496 e. The maximum atomic E-state index is 14.7. The van der Waals surface area contributed by atoms with Crippen LogP contribution in [0.25, 0.3) is 0 Å². The predicted molar refractivity (Wildman–Crippen MR) is 125 cm³/mol. The molecule has 0 saturated carbocycles. The molecule has 0 N–H and O–H groups in total. The first-order valence-electron chi connectivity index (χ1n) is 9.60. The minimum absolute atomic E-state index is 0.0143. The zero-order chi connectivity index (χ0) is 23.5. The molecular formula is C24H22ClO6P. The van der Waals surface area contributed by atoms with E-state index in [0.29, 0.717) is 0 Å². The molecule has 3 aromatic rings. The fourth-order valence-corrected chi connectivity index (χ4v) is 6.33. The highest BCUT2D eigenvalue weighted by Gasteiger charge is 2.48. The van der Waals surface area contributed by atoms with Gasteiger partial charge in [0.25, 0.3) is 7.14 Å². The molecule has 0 radical (unpaired) electrons. The van der Waals surface area contributed by atoms with Gasteiger partial charge in [-0.05, 0) is 36.8 Å². The molecule has 32 heavy (non-hydrogen) atoms. The second kappa shape index (κ2) is 9.60. The summed E-state index contributed by atoms with van der Waals surface area (Å²) in [4.78, 5) is 27.7. The van der Waals surface area contributed by atoms with Crippen LogP contribution in [0.4, 0.5) is 0 Å². The molecule has 0 amide bonds. The molecule has 3 rings (SSSR count). The van der Waals surface area contributed by atoms with Gasteiger partial charge in [-0.1, -0.05) is 48.0 Å². The molecule has 0 heterocycles. The molecule has 0 aliphatic heterocycles. The molecule has 0 fully saturated rings. The van der Waals surface area contributed by atoms with Gasteiger partial charge in [0.05, 0.1) is 31.9 Å². The monoisotopic (exact) mass is 472 g/mol. The third-order valence-corrected chi connectivity index (χ3v) is 7.95. The summed E-state index contributed by atoms with van der Waals surface area (Å²) in [6.45, 7) is 1.79. The van der Waals surface area contributed by atoms with Crippen molar-refractivity contribution in [1.29, 1.82) is 0 Å². The number of benzene rings is 3. The fraction of sp³-hybridized carbons (Fsp3) is 0.167. The molecule has 0 aliphatic carbocycles. The van der Waals surface area contributed by atoms with Crippen molar-refractivity contribution in [3.05, 3.63) is 82.4 Å². The third kappa shape index (κ3) is 4.04. The molecule has 0 spiro atoms. The number of aryl methyl sites for hydroxylation is 1. The smallest absolute Gasteiger partial charge is 0.256 e. The zero-order valence-electron chi connectivity index (χ0n) is 18.0. The van der Waals surface area contributed by atoms with Gasteiger partial charge in [0, 0.05) is 5.56 Å². The first kappa shape index (κ1) is 23.6. The number of methoxy groups -OCH3 is 3. The Bertz CT molecular complexity index is 1200. The van der Waals surface area contributed by atoms with Gasteiger partial charge in [-0.15, -0.1) is 0 Å². The van der Waals surface area contributed by atoms with Crippen molar-refractivity contribution >= 4 is 35.1 Å². The topological polar surface area (TPSA) is 78.9 Å². The van der Waals surface area contributed by atoms with E-state index in [9.17, 15) is 14.2 Å². The van der Waals surface area contributed by atoms with E-state index < -0.39 is 18.2 Å². The summed E-state index contributed by atoms with van der Waals surface area (Å²) in [5.41, 5.74) is -1.11. The Labute approximate surface area is 191 Å². The van der Waals surface area contributed by atoms with Crippen LogP contribution in [-0.4, -0.2) is 32.4 Å². The van der Waals surface area contributed by atoms with Crippen LogP contribution in [-0.2, 0) is 4.57 Å². The number of hydrogen-bond acceptors (Lipinski definition) is 6. The van der Waals surface area contributed by atoms with Crippen LogP contribution in [0.1, 0.15) is 26.3 Å². The quantitative estimate of drug-likeness (QED) is 0.411. The summed E-state index contributed by atoms with van der Waals surface area (Å²) >= 11 is 6.32. The lowest BCUT2D eigenvalue weighted by atomic mass is 10.2. The van der Waals surface area contributed by atoms with Crippen molar-refractivity contribution in [2.75, 3.05) is 21.3 Å². The molecule has 0 aliphatic rings. The molecular weight excluding hydrogens is 451 g/mol. The summed E-state index contributed by atoms with van der Waals surface area (Å²) in [5, 5.41) is -0.102. The van der Waals surface area contributed by atoms with Crippen LogP contribution >= 0.6 is 18.7 Å². The van der Waals surface area contributed by atoms with E-state index in [-0.39, 0.29) is 38.7 Å². The molecule has 3 aromatic carbocycles. The Morgan fingerprint density at radius 3 is 1.88 bits per heavy atom. The first-order valence-corrected chi connectivity index (χ1v) is 11.7. The van der Waals surface area contributed by atoms with Gasteiger partial charge in [-0.2, -0.15) is 0 Å². The summed E-state index contributed by atoms with van der Waals surface area (Å²) < 4.78 is 30.9. The Balaban J connectivity index is 2.42. The maximum absolute atomic E-state index is 14.7. The van der Waals surface area contributed by atoms with Crippen LogP contribution < -0.4 is 19.5 Å². The molecule has 0 saturated heterocycles. The van der Waals surface area contributed by atoms with E-state index in [4.69, 9.17) is 25.8 Å². The molecule has 166 valence electrons. The van der Waals surface area contributed by atoms with Crippen LogP contribution in [0, 0.1) is 6.92 Å². The van der Waals surface area contributed by atoms with Crippen molar-refractivity contribution < 1.29 is 28.4 Å². The fourth-order valence-electron chi connectivity index (χ4n) is 3.43. The Hall–Kier alpha value is -3.08. The number of rotatable bonds is 8. The third-order valence-electron chi connectivity index (χ3n) is 4.94. The van der Waals surface area contributed by atoms with Gasteiger partial charge in [-0.3, -0.25) is 9.59 Å². The highest BCUT2D eigenvalue weighted by molar-refractivity contribution is 8.01. The highest BCUT2D eigenvalue weighted by atomic mass is 35.5. The Kier molecular flexibility index (Phi) is 7.07. The SMILES string of the molecule is COc1cccc(Cl)c1C(=O)P(=O)(C(=O)c1ccccc1)c1c(OC)cc(C)cc1OC. The van der Waals surface area contributed by atoms with Crippen LogP contribution in [0.3, 0.4) is 0 Å². The van der Waals surface area contributed by atoms with Gasteiger partial charge in [0.1, 0.15) is 22.6 Å². The van der Waals surface area contributed by atoms with Crippen molar-refractivity contribution in [3.8, 4) is 17.2 Å². The number of halogens is 1. The second-order valence-corrected chi connectivity index (χ2v) is 9.81. The van der Waals surface area contributed by atoms with Crippen molar-refractivity contribution in [3.63, 3.8) is 0 Å². The van der Waals surface area contributed by atoms with Crippen LogP contribution in [0.2, 0.25) is 5.02 Å². The van der Waals surface area contributed by atoms with Gasteiger partial charge < -0.3 is 18.8 Å². The van der Waals surface area contributed by atoms with E-state index in [1.54, 1.807) is 43.3 Å². The molecule has 0 bridgehead atoms. The van der Waals surface area contributed by atoms with Gasteiger partial charge in [-0.25, -0.2) is 0 Å². The number of carbonyl (C=O) groups excluding carboxylic acids is 2. The zero-order valence-corrected chi connectivity index (χ0v) is 19.7. The van der Waals surface area contributed by atoms with E-state index in [2.05, 4.69) is 0 Å². The molecule has 1 unspecified atom stereocenters. The minimum Gasteiger partial charge on any atom is -0.496 e. The second-order valence-electron chi connectivity index (χ2n) is 6.92.